The van der Waals surface area contributed by atoms with Crippen LogP contribution < -0.4 is 5.32 Å². The van der Waals surface area contributed by atoms with Gasteiger partial charge in [-0.3, -0.25) is 9.48 Å². The molecule has 32 heavy (non-hydrogen) atoms. The Hall–Kier alpha value is -3.20. The quantitative estimate of drug-likeness (QED) is 0.630. The third-order valence-electron chi connectivity index (χ3n) is 5.72. The monoisotopic (exact) mass is 443 g/mol. The van der Waals surface area contributed by atoms with Crippen LogP contribution in [0.4, 0.5) is 18.9 Å². The number of likely N-dealkylation sites (tertiary alicyclic amines) is 1. The number of nitrogens with zero attached hydrogens (tertiary/aromatic N) is 4. The number of nitrogens with one attached hydrogen (secondary N) is 1. The smallest absolute Gasteiger partial charge is 0.321 e. The first-order valence-electron chi connectivity index (χ1n) is 10.4. The zero-order valence-corrected chi connectivity index (χ0v) is 17.9. The summed E-state index contributed by atoms with van der Waals surface area (Å²) in [7, 11) is 2.10. The summed E-state index contributed by atoms with van der Waals surface area (Å²) in [5.74, 6) is -0.564. The summed E-state index contributed by atoms with van der Waals surface area (Å²) in [6, 6.07) is 8.45. The second-order valence-corrected chi connectivity index (χ2v) is 8.14. The minimum Gasteiger partial charge on any atom is -0.321 e. The average Bonchev–Trinajstić information content (AvgIpc) is 3.24. The standard InChI is InChI=1S/C23H24F3N5O/c1-15-6-7-20(16-13-27-31(14-16)19-8-10-30(2)11-9-19)29-21(15)22(32)28-18-5-3-4-17(12-18)23(24,25)26/h3-7,12-14,19H,8-11H2,1-2H3,(H,28,32). The van der Waals surface area contributed by atoms with Crippen LogP contribution in [0.2, 0.25) is 0 Å². The molecule has 168 valence electrons. The highest BCUT2D eigenvalue weighted by atomic mass is 19.4. The van der Waals surface area contributed by atoms with Gasteiger partial charge in [-0.25, -0.2) is 4.98 Å². The number of hydrogen-bond donors (Lipinski definition) is 1. The number of amides is 1. The van der Waals surface area contributed by atoms with Crippen molar-refractivity contribution in [2.24, 2.45) is 0 Å². The molecule has 1 aliphatic rings. The number of alkyl halides is 3. The van der Waals surface area contributed by atoms with Crippen molar-refractivity contribution in [3.63, 3.8) is 0 Å². The third kappa shape index (κ3) is 4.83. The highest BCUT2D eigenvalue weighted by Gasteiger charge is 2.30. The first kappa shape index (κ1) is 22.0. The van der Waals surface area contributed by atoms with Crippen LogP contribution >= 0.6 is 0 Å². The Morgan fingerprint density at radius 2 is 1.91 bits per heavy atom. The topological polar surface area (TPSA) is 63.1 Å². The van der Waals surface area contributed by atoms with Crippen LogP contribution in [0.5, 0.6) is 0 Å². The Bertz CT molecular complexity index is 1120. The lowest BCUT2D eigenvalue weighted by atomic mass is 10.1. The van der Waals surface area contributed by atoms with Crippen molar-refractivity contribution in [3.05, 3.63) is 65.6 Å². The lowest BCUT2D eigenvalue weighted by Gasteiger charge is -2.28. The van der Waals surface area contributed by atoms with E-state index in [1.54, 1.807) is 19.2 Å². The van der Waals surface area contributed by atoms with E-state index in [1.807, 2.05) is 16.9 Å². The Balaban J connectivity index is 1.54. The molecule has 0 radical (unpaired) electrons. The molecular formula is C23H24F3N5O. The van der Waals surface area contributed by atoms with Gasteiger partial charge >= 0.3 is 6.18 Å². The van der Waals surface area contributed by atoms with Gasteiger partial charge in [-0.15, -0.1) is 0 Å². The van der Waals surface area contributed by atoms with Gasteiger partial charge in [-0.2, -0.15) is 18.3 Å². The molecule has 0 spiro atoms. The molecule has 0 aliphatic carbocycles. The average molecular weight is 443 g/mol. The first-order valence-corrected chi connectivity index (χ1v) is 10.4. The fourth-order valence-corrected chi connectivity index (χ4v) is 3.81. The number of aryl methyl sites for hydroxylation is 1. The number of rotatable bonds is 4. The molecule has 3 aromatic rings. The number of hydrogen-bond acceptors (Lipinski definition) is 4. The predicted molar refractivity (Wildman–Crippen MR) is 115 cm³/mol. The van der Waals surface area contributed by atoms with E-state index in [2.05, 4.69) is 27.3 Å². The molecule has 0 bridgehead atoms. The maximum Gasteiger partial charge on any atom is 0.416 e. The molecular weight excluding hydrogens is 419 g/mol. The van der Waals surface area contributed by atoms with Crippen LogP contribution in [0.25, 0.3) is 11.3 Å². The molecule has 1 fully saturated rings. The van der Waals surface area contributed by atoms with Gasteiger partial charge in [0.25, 0.3) is 5.91 Å². The van der Waals surface area contributed by atoms with E-state index in [0.29, 0.717) is 17.3 Å². The summed E-state index contributed by atoms with van der Waals surface area (Å²) in [5, 5.41) is 7.01. The molecule has 1 saturated heterocycles. The number of halogens is 3. The Morgan fingerprint density at radius 3 is 2.62 bits per heavy atom. The molecule has 1 aliphatic heterocycles. The number of piperidine rings is 1. The van der Waals surface area contributed by atoms with Crippen molar-refractivity contribution in [1.82, 2.24) is 19.7 Å². The first-order chi connectivity index (χ1) is 15.2. The molecule has 0 atom stereocenters. The van der Waals surface area contributed by atoms with Crippen LogP contribution in [-0.4, -0.2) is 45.7 Å². The molecule has 2 aromatic heterocycles. The van der Waals surface area contributed by atoms with Crippen molar-refractivity contribution < 1.29 is 18.0 Å². The fraction of sp³-hybridized carbons (Fsp3) is 0.348. The number of aromatic nitrogens is 3. The maximum absolute atomic E-state index is 13.0. The minimum absolute atomic E-state index is 0.0616. The Morgan fingerprint density at radius 1 is 1.16 bits per heavy atom. The zero-order chi connectivity index (χ0) is 22.9. The normalized spacial score (nSPS) is 15.7. The zero-order valence-electron chi connectivity index (χ0n) is 17.9. The van der Waals surface area contributed by atoms with Crippen molar-refractivity contribution in [2.45, 2.75) is 32.0 Å². The third-order valence-corrected chi connectivity index (χ3v) is 5.72. The summed E-state index contributed by atoms with van der Waals surface area (Å²) in [6.07, 6.45) is 1.21. The number of carbonyl (C=O) groups excluding carboxylic acids is 1. The van der Waals surface area contributed by atoms with Crippen LogP contribution in [0.1, 0.15) is 40.5 Å². The van der Waals surface area contributed by atoms with Gasteiger partial charge in [-0.05, 0) is 69.7 Å². The van der Waals surface area contributed by atoms with E-state index in [4.69, 9.17) is 0 Å². The van der Waals surface area contributed by atoms with Gasteiger partial charge in [-0.1, -0.05) is 12.1 Å². The number of anilines is 1. The van der Waals surface area contributed by atoms with E-state index in [0.717, 1.165) is 43.6 Å². The Kier molecular flexibility index (Phi) is 6.01. The molecule has 9 heteroatoms. The fourth-order valence-electron chi connectivity index (χ4n) is 3.81. The number of carbonyl (C=O) groups is 1. The van der Waals surface area contributed by atoms with Crippen molar-refractivity contribution in [1.29, 1.82) is 0 Å². The molecule has 3 heterocycles. The second kappa shape index (κ2) is 8.74. The van der Waals surface area contributed by atoms with Gasteiger partial charge in [0, 0.05) is 17.4 Å². The maximum atomic E-state index is 13.0. The lowest BCUT2D eigenvalue weighted by Crippen LogP contribution is -2.31. The molecule has 0 unspecified atom stereocenters. The highest BCUT2D eigenvalue weighted by molar-refractivity contribution is 6.04. The van der Waals surface area contributed by atoms with E-state index >= 15 is 0 Å². The van der Waals surface area contributed by atoms with Gasteiger partial charge in [0.2, 0.25) is 0 Å². The molecule has 6 nitrogen and oxygen atoms in total. The largest absolute Gasteiger partial charge is 0.416 e. The van der Waals surface area contributed by atoms with E-state index in [-0.39, 0.29) is 11.4 Å². The summed E-state index contributed by atoms with van der Waals surface area (Å²) >= 11 is 0. The highest BCUT2D eigenvalue weighted by Crippen LogP contribution is 2.31. The number of benzene rings is 1. The van der Waals surface area contributed by atoms with Crippen LogP contribution in [-0.2, 0) is 6.18 Å². The number of pyridine rings is 1. The molecule has 1 aromatic carbocycles. The lowest BCUT2D eigenvalue weighted by molar-refractivity contribution is -0.137. The second-order valence-electron chi connectivity index (χ2n) is 8.14. The van der Waals surface area contributed by atoms with E-state index in [9.17, 15) is 18.0 Å². The van der Waals surface area contributed by atoms with Gasteiger partial charge < -0.3 is 10.2 Å². The summed E-state index contributed by atoms with van der Waals surface area (Å²) in [5.41, 5.74) is 1.40. The van der Waals surface area contributed by atoms with Crippen LogP contribution in [0, 0.1) is 6.92 Å². The van der Waals surface area contributed by atoms with Crippen LogP contribution in [0.3, 0.4) is 0 Å². The van der Waals surface area contributed by atoms with Gasteiger partial charge in [0.05, 0.1) is 23.5 Å². The van der Waals surface area contributed by atoms with Crippen molar-refractivity contribution >= 4 is 11.6 Å². The summed E-state index contributed by atoms with van der Waals surface area (Å²) in [4.78, 5) is 19.6. The van der Waals surface area contributed by atoms with Crippen LogP contribution in [0.15, 0.2) is 48.8 Å². The van der Waals surface area contributed by atoms with E-state index in [1.165, 1.54) is 12.1 Å². The molecule has 0 saturated carbocycles. The molecule has 1 amide bonds. The van der Waals surface area contributed by atoms with Crippen molar-refractivity contribution in [3.8, 4) is 11.3 Å². The Labute approximate surface area is 184 Å². The summed E-state index contributed by atoms with van der Waals surface area (Å²) in [6.45, 7) is 3.77. The van der Waals surface area contributed by atoms with Gasteiger partial charge in [0.1, 0.15) is 5.69 Å². The van der Waals surface area contributed by atoms with Crippen molar-refractivity contribution in [2.75, 3.05) is 25.5 Å². The summed E-state index contributed by atoms with van der Waals surface area (Å²) < 4.78 is 40.8. The molecule has 4 rings (SSSR count). The minimum atomic E-state index is -4.48. The van der Waals surface area contributed by atoms with Gasteiger partial charge in [0.15, 0.2) is 0 Å². The SMILES string of the molecule is Cc1ccc(-c2cnn(C3CCN(C)CC3)c2)nc1C(=O)Nc1cccc(C(F)(F)F)c1. The van der Waals surface area contributed by atoms with E-state index < -0.39 is 17.6 Å². The predicted octanol–water partition coefficient (Wildman–Crippen LogP) is 4.79. The molecule has 1 N–H and O–H groups in total.